The van der Waals surface area contributed by atoms with E-state index in [1.807, 2.05) is 48.5 Å². The van der Waals surface area contributed by atoms with Crippen LogP contribution in [0.15, 0.2) is 91.5 Å². The molecule has 3 heterocycles. The summed E-state index contributed by atoms with van der Waals surface area (Å²) in [5.41, 5.74) is 11.3. The first kappa shape index (κ1) is 25.7. The maximum atomic E-state index is 13.2. The van der Waals surface area contributed by atoms with Crippen molar-refractivity contribution in [1.82, 2.24) is 9.88 Å². The van der Waals surface area contributed by atoms with Gasteiger partial charge in [0.05, 0.1) is 16.5 Å². The van der Waals surface area contributed by atoms with E-state index in [9.17, 15) is 4.79 Å². The number of rotatable bonds is 7. The minimum Gasteiger partial charge on any atom is -0.457 e. The minimum absolute atomic E-state index is 0.0373. The number of hydrogen-bond acceptors (Lipinski definition) is 5. The molecule has 198 valence electrons. The van der Waals surface area contributed by atoms with E-state index in [0.717, 1.165) is 53.0 Å². The number of amides is 1. The van der Waals surface area contributed by atoms with Gasteiger partial charge >= 0.3 is 0 Å². The van der Waals surface area contributed by atoms with E-state index < -0.39 is 0 Å². The lowest BCUT2D eigenvalue weighted by Gasteiger charge is -2.39. The fourth-order valence-corrected chi connectivity index (χ4v) is 7.32. The molecule has 0 aliphatic carbocycles. The molecule has 0 spiro atoms. The van der Waals surface area contributed by atoms with Gasteiger partial charge in [-0.25, -0.2) is 4.98 Å². The largest absolute Gasteiger partial charge is 0.457 e. The zero-order valence-corrected chi connectivity index (χ0v) is 22.9. The van der Waals surface area contributed by atoms with Crippen LogP contribution in [0, 0.1) is 18.8 Å². The molecule has 0 unspecified atom stereocenters. The molecule has 2 saturated heterocycles. The third-order valence-corrected chi connectivity index (χ3v) is 9.37. The van der Waals surface area contributed by atoms with E-state index in [1.165, 1.54) is 22.9 Å². The standard InChI is InChI=1S/C33H33N3O2S/c1-3-22(20-34)24-15-16-36-31(18-24)32(39-33(36)37)28-19-30(35-29-14-9-21(2)17-27(28)29)23-10-12-26(13-11-23)38-25-7-5-4-6-8-25/h3-14,17,19,22,24,31-32H,1,15-16,18,20,34H2,2H3/t22-,24-,31-,32-/m0/s1. The molecular formula is C33H33N3O2S. The second-order valence-corrected chi connectivity index (χ2v) is 11.6. The van der Waals surface area contributed by atoms with Crippen LogP contribution in [0.1, 0.15) is 29.2 Å². The third kappa shape index (κ3) is 5.07. The lowest BCUT2D eigenvalue weighted by Crippen LogP contribution is -2.44. The Labute approximate surface area is 234 Å². The van der Waals surface area contributed by atoms with Crippen molar-refractivity contribution in [2.24, 2.45) is 17.6 Å². The molecule has 39 heavy (non-hydrogen) atoms. The third-order valence-electron chi connectivity index (χ3n) is 8.11. The van der Waals surface area contributed by atoms with Crippen molar-refractivity contribution < 1.29 is 9.53 Å². The van der Waals surface area contributed by atoms with Crippen LogP contribution in [0.5, 0.6) is 11.5 Å². The molecule has 2 aliphatic heterocycles. The van der Waals surface area contributed by atoms with Gasteiger partial charge in [-0.2, -0.15) is 0 Å². The smallest absolute Gasteiger partial charge is 0.282 e. The molecule has 0 saturated carbocycles. The van der Waals surface area contributed by atoms with Crippen LogP contribution in [0.3, 0.4) is 0 Å². The second kappa shape index (κ2) is 10.9. The molecular weight excluding hydrogens is 502 g/mol. The van der Waals surface area contributed by atoms with Crippen LogP contribution in [-0.4, -0.2) is 34.3 Å². The van der Waals surface area contributed by atoms with Gasteiger partial charge in [0.25, 0.3) is 5.24 Å². The van der Waals surface area contributed by atoms with E-state index in [1.54, 1.807) is 0 Å². The Morgan fingerprint density at radius 1 is 1.10 bits per heavy atom. The molecule has 0 bridgehead atoms. The van der Waals surface area contributed by atoms with Gasteiger partial charge in [0.2, 0.25) is 0 Å². The van der Waals surface area contributed by atoms with Crippen molar-refractivity contribution in [3.05, 3.63) is 103 Å². The summed E-state index contributed by atoms with van der Waals surface area (Å²) in [7, 11) is 0. The van der Waals surface area contributed by atoms with Crippen molar-refractivity contribution >= 4 is 27.9 Å². The molecule has 5 nitrogen and oxygen atoms in total. The number of thioether (sulfide) groups is 1. The summed E-state index contributed by atoms with van der Waals surface area (Å²) in [6.07, 6.45) is 3.91. The minimum atomic E-state index is 0.0373. The van der Waals surface area contributed by atoms with Gasteiger partial charge in [-0.1, -0.05) is 47.7 Å². The fourth-order valence-electron chi connectivity index (χ4n) is 6.00. The zero-order valence-electron chi connectivity index (χ0n) is 22.1. The summed E-state index contributed by atoms with van der Waals surface area (Å²) in [6.45, 7) is 7.51. The van der Waals surface area contributed by atoms with Crippen LogP contribution in [0.2, 0.25) is 0 Å². The fraction of sp³-hybridized carbons (Fsp3) is 0.273. The number of aromatic nitrogens is 1. The average molecular weight is 536 g/mol. The highest BCUT2D eigenvalue weighted by atomic mass is 32.2. The predicted octanol–water partition coefficient (Wildman–Crippen LogP) is 7.75. The van der Waals surface area contributed by atoms with Crippen LogP contribution < -0.4 is 10.5 Å². The van der Waals surface area contributed by atoms with Gasteiger partial charge < -0.3 is 15.4 Å². The molecule has 6 rings (SSSR count). The normalized spacial score (nSPS) is 21.5. The van der Waals surface area contributed by atoms with Gasteiger partial charge in [-0.05, 0) is 98.3 Å². The molecule has 2 N–H and O–H groups in total. The van der Waals surface area contributed by atoms with Gasteiger partial charge in [0.15, 0.2) is 0 Å². The number of nitrogens with two attached hydrogens (primary N) is 1. The van der Waals surface area contributed by atoms with Crippen molar-refractivity contribution in [3.8, 4) is 22.8 Å². The van der Waals surface area contributed by atoms with Crippen LogP contribution in [-0.2, 0) is 0 Å². The summed E-state index contributed by atoms with van der Waals surface area (Å²) in [6, 6.07) is 26.6. The maximum Gasteiger partial charge on any atom is 0.282 e. The number of ether oxygens (including phenoxy) is 1. The lowest BCUT2D eigenvalue weighted by atomic mass is 9.79. The van der Waals surface area contributed by atoms with Crippen molar-refractivity contribution in [2.45, 2.75) is 31.1 Å². The van der Waals surface area contributed by atoms with Crippen LogP contribution in [0.25, 0.3) is 22.2 Å². The van der Waals surface area contributed by atoms with Crippen molar-refractivity contribution in [1.29, 1.82) is 0 Å². The number of para-hydroxylation sites is 1. The molecule has 0 radical (unpaired) electrons. The molecule has 1 aromatic heterocycles. The Balaban J connectivity index is 1.37. The molecule has 2 aliphatic rings. The number of fused-ring (bicyclic) bond motifs is 2. The zero-order chi connectivity index (χ0) is 26.9. The first-order chi connectivity index (χ1) is 19.0. The molecule has 4 atom stereocenters. The number of benzene rings is 3. The molecule has 2 fully saturated rings. The van der Waals surface area contributed by atoms with Crippen LogP contribution in [0.4, 0.5) is 4.79 Å². The molecule has 3 aromatic carbocycles. The number of aryl methyl sites for hydroxylation is 1. The summed E-state index contributed by atoms with van der Waals surface area (Å²) < 4.78 is 5.99. The van der Waals surface area contributed by atoms with Gasteiger partial charge in [-0.3, -0.25) is 4.79 Å². The topological polar surface area (TPSA) is 68.5 Å². The van der Waals surface area contributed by atoms with Gasteiger partial charge in [0.1, 0.15) is 11.5 Å². The van der Waals surface area contributed by atoms with Crippen molar-refractivity contribution in [2.75, 3.05) is 13.1 Å². The quantitative estimate of drug-likeness (QED) is 0.245. The SMILES string of the molecule is C=C[C@@H](CN)[C@H]1CCN2C(=O)S[C@@H](c3cc(-c4ccc(Oc5ccccc5)cc4)nc4ccc(C)cc34)[C@@H]2C1. The Morgan fingerprint density at radius 3 is 2.62 bits per heavy atom. The highest BCUT2D eigenvalue weighted by Crippen LogP contribution is 2.50. The maximum absolute atomic E-state index is 13.2. The number of piperidine rings is 1. The van der Waals surface area contributed by atoms with E-state index >= 15 is 0 Å². The molecule has 4 aromatic rings. The highest BCUT2D eigenvalue weighted by molar-refractivity contribution is 8.14. The van der Waals surface area contributed by atoms with E-state index in [-0.39, 0.29) is 22.4 Å². The van der Waals surface area contributed by atoms with E-state index in [2.05, 4.69) is 54.8 Å². The lowest BCUT2D eigenvalue weighted by molar-refractivity contribution is 0.136. The molecule has 1 amide bonds. The average Bonchev–Trinajstić information content (AvgIpc) is 3.29. The predicted molar refractivity (Wildman–Crippen MR) is 160 cm³/mol. The summed E-state index contributed by atoms with van der Waals surface area (Å²) in [4.78, 5) is 20.3. The summed E-state index contributed by atoms with van der Waals surface area (Å²) in [5.74, 6) is 2.30. The molecule has 6 heteroatoms. The Hall–Kier alpha value is -3.61. The number of pyridine rings is 1. The monoisotopic (exact) mass is 535 g/mol. The highest BCUT2D eigenvalue weighted by Gasteiger charge is 2.46. The number of nitrogens with zero attached hydrogens (tertiary/aromatic N) is 2. The first-order valence-electron chi connectivity index (χ1n) is 13.6. The Kier molecular flexibility index (Phi) is 7.15. The number of carbonyl (C=O) groups excluding carboxylic acids is 1. The van der Waals surface area contributed by atoms with Gasteiger partial charge in [0, 0.05) is 23.5 Å². The van der Waals surface area contributed by atoms with Gasteiger partial charge in [-0.15, -0.1) is 6.58 Å². The summed E-state index contributed by atoms with van der Waals surface area (Å²) in [5, 5.41) is 1.33. The summed E-state index contributed by atoms with van der Waals surface area (Å²) >= 11 is 1.46. The Morgan fingerprint density at radius 2 is 1.87 bits per heavy atom. The first-order valence-corrected chi connectivity index (χ1v) is 14.5. The van der Waals surface area contributed by atoms with E-state index in [4.69, 9.17) is 15.5 Å². The van der Waals surface area contributed by atoms with E-state index in [0.29, 0.717) is 12.5 Å². The number of carbonyl (C=O) groups is 1. The Bertz CT molecular complexity index is 1510. The number of hydrogen-bond donors (Lipinski definition) is 1. The second-order valence-electron chi connectivity index (χ2n) is 10.5. The van der Waals surface area contributed by atoms with Crippen molar-refractivity contribution in [3.63, 3.8) is 0 Å². The van der Waals surface area contributed by atoms with Crippen LogP contribution >= 0.6 is 11.8 Å².